The van der Waals surface area contributed by atoms with Gasteiger partial charge in [-0.2, -0.15) is 33.7 Å². The summed E-state index contributed by atoms with van der Waals surface area (Å²) in [5.74, 6) is 0. The molecular formula is C40H28N2O14S4. The standard InChI is InChI=1S/C40H28N2O14S4/c43-39-31-15-11-25(57(45,46)47)17-33(31)37(29-13-9-27(19-35(29)39)59(51,52)53)41-23-5-1-21(2-6-23)22-3-7-24(8-4-22)42-38-30-14-10-28(60(54,55)56)20-36(30)40(44)32-16-12-26(18-34(32)38)58(48,49)50/h1-20,39-40,43-44H,(H,45,46,47)(H,48,49,50)(H,51,52,53)(H,54,55,56). The molecule has 0 fully saturated rings. The molecule has 0 radical (unpaired) electrons. The zero-order valence-electron chi connectivity index (χ0n) is 30.2. The van der Waals surface area contributed by atoms with E-state index in [0.29, 0.717) is 22.5 Å². The van der Waals surface area contributed by atoms with Crippen molar-refractivity contribution in [3.63, 3.8) is 0 Å². The van der Waals surface area contributed by atoms with Crippen molar-refractivity contribution in [1.82, 2.24) is 0 Å². The molecule has 6 aromatic rings. The average Bonchev–Trinajstić information content (AvgIpc) is 3.19. The van der Waals surface area contributed by atoms with Crippen molar-refractivity contribution in [3.05, 3.63) is 166 Å². The van der Waals surface area contributed by atoms with Gasteiger partial charge in [0.1, 0.15) is 12.2 Å². The number of benzene rings is 6. The molecule has 8 rings (SSSR count). The maximum absolute atomic E-state index is 12.0. The van der Waals surface area contributed by atoms with Crippen molar-refractivity contribution in [1.29, 1.82) is 0 Å². The van der Waals surface area contributed by atoms with E-state index < -0.39 is 72.3 Å². The highest BCUT2D eigenvalue weighted by molar-refractivity contribution is 7.86. The Bertz CT molecular complexity index is 3110. The number of aliphatic hydroxyl groups excluding tert-OH is 2. The van der Waals surface area contributed by atoms with Crippen molar-refractivity contribution in [2.45, 2.75) is 31.8 Å². The molecule has 0 aromatic heterocycles. The highest BCUT2D eigenvalue weighted by atomic mass is 32.2. The molecule has 0 aliphatic heterocycles. The first-order chi connectivity index (χ1) is 28.1. The van der Waals surface area contributed by atoms with Crippen LogP contribution in [-0.2, 0) is 40.5 Å². The number of rotatable bonds is 7. The van der Waals surface area contributed by atoms with E-state index in [-0.39, 0.29) is 55.9 Å². The summed E-state index contributed by atoms with van der Waals surface area (Å²) >= 11 is 0. The van der Waals surface area contributed by atoms with E-state index in [2.05, 4.69) is 0 Å². The fraction of sp³-hybridized carbons (Fsp3) is 0.0500. The van der Waals surface area contributed by atoms with E-state index in [1.165, 1.54) is 24.3 Å². The molecule has 2 atom stereocenters. The third kappa shape index (κ3) is 7.60. The fourth-order valence-corrected chi connectivity index (χ4v) is 9.19. The molecule has 2 unspecified atom stereocenters. The van der Waals surface area contributed by atoms with Crippen LogP contribution in [0.1, 0.15) is 56.7 Å². The van der Waals surface area contributed by atoms with Gasteiger partial charge in [0.15, 0.2) is 0 Å². The van der Waals surface area contributed by atoms with Gasteiger partial charge < -0.3 is 10.2 Å². The van der Waals surface area contributed by atoms with E-state index in [0.717, 1.165) is 48.5 Å². The molecule has 6 aromatic carbocycles. The number of nitrogens with zero attached hydrogens (tertiary/aromatic N) is 2. The van der Waals surface area contributed by atoms with Crippen molar-refractivity contribution in [2.24, 2.45) is 9.98 Å². The third-order valence-electron chi connectivity index (χ3n) is 10.0. The van der Waals surface area contributed by atoms with Crippen LogP contribution in [0.25, 0.3) is 11.1 Å². The van der Waals surface area contributed by atoms with Crippen LogP contribution < -0.4 is 0 Å². The van der Waals surface area contributed by atoms with Gasteiger partial charge in [-0.15, -0.1) is 0 Å². The molecular weight excluding hydrogens is 861 g/mol. The van der Waals surface area contributed by atoms with Gasteiger partial charge in [-0.1, -0.05) is 48.5 Å². The lowest BCUT2D eigenvalue weighted by Gasteiger charge is -2.27. The van der Waals surface area contributed by atoms with Gasteiger partial charge in [0.2, 0.25) is 0 Å². The Morgan fingerprint density at radius 2 is 0.650 bits per heavy atom. The summed E-state index contributed by atoms with van der Waals surface area (Å²) in [6.07, 6.45) is -2.88. The molecule has 0 heterocycles. The second kappa shape index (κ2) is 14.4. The molecule has 0 bridgehead atoms. The molecule has 0 saturated carbocycles. The van der Waals surface area contributed by atoms with Gasteiger partial charge in [0.25, 0.3) is 40.5 Å². The zero-order chi connectivity index (χ0) is 43.1. The normalized spacial score (nSPS) is 17.8. The monoisotopic (exact) mass is 888 g/mol. The minimum atomic E-state index is -4.67. The fourth-order valence-electron chi connectivity index (χ4n) is 7.15. The Balaban J connectivity index is 1.17. The van der Waals surface area contributed by atoms with Crippen molar-refractivity contribution >= 4 is 63.3 Å². The third-order valence-corrected chi connectivity index (χ3v) is 13.4. The summed E-state index contributed by atoms with van der Waals surface area (Å²) < 4.78 is 135. The highest BCUT2D eigenvalue weighted by Crippen LogP contribution is 2.41. The molecule has 0 amide bonds. The summed E-state index contributed by atoms with van der Waals surface area (Å²) in [4.78, 5) is 7.56. The van der Waals surface area contributed by atoms with Gasteiger partial charge in [0, 0.05) is 22.3 Å². The molecule has 0 saturated heterocycles. The van der Waals surface area contributed by atoms with Crippen LogP contribution in [0.2, 0.25) is 0 Å². The molecule has 60 heavy (non-hydrogen) atoms. The van der Waals surface area contributed by atoms with Crippen LogP contribution in [0.5, 0.6) is 0 Å². The molecule has 16 nitrogen and oxygen atoms in total. The number of hydrogen-bond acceptors (Lipinski definition) is 12. The van der Waals surface area contributed by atoms with Crippen molar-refractivity contribution < 1.29 is 62.1 Å². The Kier molecular flexibility index (Phi) is 9.87. The Labute approximate surface area is 342 Å². The Hall–Kier alpha value is -5.78. The predicted octanol–water partition coefficient (Wildman–Crippen LogP) is 5.47. The maximum atomic E-state index is 12.0. The van der Waals surface area contributed by atoms with Crippen molar-refractivity contribution in [2.75, 3.05) is 0 Å². The minimum Gasteiger partial charge on any atom is -0.384 e. The maximum Gasteiger partial charge on any atom is 0.294 e. The van der Waals surface area contributed by atoms with E-state index in [1.54, 1.807) is 48.5 Å². The van der Waals surface area contributed by atoms with E-state index in [4.69, 9.17) is 9.98 Å². The number of fused-ring (bicyclic) bond motifs is 4. The van der Waals surface area contributed by atoms with E-state index in [1.807, 2.05) is 0 Å². The number of aliphatic imine (C=N–C) groups is 2. The van der Waals surface area contributed by atoms with Gasteiger partial charge in [-0.05, 0) is 106 Å². The lowest BCUT2D eigenvalue weighted by Crippen LogP contribution is -2.21. The first-order valence-corrected chi connectivity index (χ1v) is 23.1. The zero-order valence-corrected chi connectivity index (χ0v) is 33.4. The summed E-state index contributed by atoms with van der Waals surface area (Å²) in [5, 5.41) is 22.4. The second-order valence-corrected chi connectivity index (χ2v) is 19.4. The SMILES string of the molecule is O=S(=O)(O)c1ccc2c(c1)C(=Nc1ccc(-c3ccc(N=C4c5cc(S(=O)(=O)O)ccc5C(O)c5cc(S(=O)(=O)O)ccc54)cc3)cc1)c1ccc(S(=O)(=O)O)cc1C2O. The molecule has 306 valence electrons. The molecule has 0 spiro atoms. The van der Waals surface area contributed by atoms with Crippen LogP contribution >= 0.6 is 0 Å². The first-order valence-electron chi connectivity index (χ1n) is 17.3. The predicted molar refractivity (Wildman–Crippen MR) is 216 cm³/mol. The molecule has 2 aliphatic rings. The van der Waals surface area contributed by atoms with E-state index in [9.17, 15) is 62.1 Å². The summed E-state index contributed by atoms with van der Waals surface area (Å²) in [6, 6.07) is 27.5. The summed E-state index contributed by atoms with van der Waals surface area (Å²) in [7, 11) is -18.6. The minimum absolute atomic E-state index is 0.0781. The van der Waals surface area contributed by atoms with E-state index >= 15 is 0 Å². The largest absolute Gasteiger partial charge is 0.384 e. The summed E-state index contributed by atoms with van der Waals surface area (Å²) in [6.45, 7) is 0. The second-order valence-electron chi connectivity index (χ2n) is 13.7. The molecule has 2 aliphatic carbocycles. The van der Waals surface area contributed by atoms with Crippen LogP contribution in [0, 0.1) is 0 Å². The quantitative estimate of drug-likeness (QED) is 0.109. The van der Waals surface area contributed by atoms with Crippen LogP contribution in [-0.4, -0.2) is 73.5 Å². The smallest absolute Gasteiger partial charge is 0.294 e. The average molecular weight is 889 g/mol. The number of aliphatic hydroxyl groups is 2. The highest BCUT2D eigenvalue weighted by Gasteiger charge is 2.33. The Morgan fingerprint density at radius 3 is 0.967 bits per heavy atom. The van der Waals surface area contributed by atoms with Crippen LogP contribution in [0.3, 0.4) is 0 Å². The molecule has 6 N–H and O–H groups in total. The summed E-state index contributed by atoms with van der Waals surface area (Å²) in [5.41, 5.74) is 3.68. The van der Waals surface area contributed by atoms with Crippen LogP contribution in [0.15, 0.2) is 151 Å². The lowest BCUT2D eigenvalue weighted by atomic mass is 9.82. The van der Waals surface area contributed by atoms with Crippen molar-refractivity contribution in [3.8, 4) is 11.1 Å². The molecule has 20 heteroatoms. The Morgan fingerprint density at radius 1 is 0.350 bits per heavy atom. The van der Waals surface area contributed by atoms with Crippen LogP contribution in [0.4, 0.5) is 11.4 Å². The van der Waals surface area contributed by atoms with Gasteiger partial charge in [-0.3, -0.25) is 18.2 Å². The van der Waals surface area contributed by atoms with Gasteiger partial charge in [-0.25, -0.2) is 9.98 Å². The lowest BCUT2D eigenvalue weighted by molar-refractivity contribution is 0.218. The first kappa shape index (κ1) is 41.0. The number of hydrogen-bond donors (Lipinski definition) is 6. The van der Waals surface area contributed by atoms with Gasteiger partial charge in [0.05, 0.1) is 42.4 Å². The topological polar surface area (TPSA) is 283 Å². The van der Waals surface area contributed by atoms with Gasteiger partial charge >= 0.3 is 0 Å².